The molecule has 16 heteroatoms. The van der Waals surface area contributed by atoms with Crippen molar-refractivity contribution >= 4 is 107 Å². The zero-order chi connectivity index (χ0) is 12.2. The first-order valence-electron chi connectivity index (χ1n) is 4.67. The number of hydrogen-bond acceptors (Lipinski definition) is 0. The smallest absolute Gasteiger partial charge is 0 e. The maximum atomic E-state index is 5.51. The molecular weight excluding hydrogens is 346 g/mol. The Labute approximate surface area is 128 Å². The Balaban J connectivity index is 0. The van der Waals surface area contributed by atoms with Crippen molar-refractivity contribution in [2.75, 3.05) is 0 Å². The van der Waals surface area contributed by atoms with E-state index >= 15 is 0 Å². The minimum absolute atomic E-state index is 0. The molecule has 0 N–H and O–H groups in total. The first-order valence-corrected chi connectivity index (χ1v) is 4.67. The fraction of sp³-hybridized carbons (Fsp3) is 0. The van der Waals surface area contributed by atoms with Gasteiger partial charge < -0.3 is 0 Å². The standard InChI is InChI=1S/B15.W/c1-10(2)14(11(3)4)9-15(12(5)6)13(7)8;. The van der Waals surface area contributed by atoms with Crippen LogP contribution in [-0.4, -0.2) is 107 Å². The fourth-order valence-corrected chi connectivity index (χ4v) is 1.28. The summed E-state index contributed by atoms with van der Waals surface area (Å²) in [6.45, 7) is 0. The topological polar surface area (TPSA) is 0 Å². The van der Waals surface area contributed by atoms with Gasteiger partial charge in [-0.3, -0.25) is 0 Å². The van der Waals surface area contributed by atoms with Gasteiger partial charge in [0.25, 0.3) is 0 Å². The van der Waals surface area contributed by atoms with Crippen LogP contribution in [0.4, 0.5) is 0 Å². The second-order valence-corrected chi connectivity index (χ2v) is 3.66. The molecular formula is B15W. The van der Waals surface area contributed by atoms with Gasteiger partial charge in [0.2, 0.25) is 0 Å². The molecule has 16 heavy (non-hydrogen) atoms. The molecule has 0 saturated carbocycles. The summed E-state index contributed by atoms with van der Waals surface area (Å²) in [7, 11) is 45.7. The minimum Gasteiger partial charge on any atom is 0 e. The van der Waals surface area contributed by atoms with E-state index in [9.17, 15) is 0 Å². The van der Waals surface area contributed by atoms with Crippen molar-refractivity contribution in [1.29, 1.82) is 0 Å². The Hall–Kier alpha value is 1.66. The summed E-state index contributed by atoms with van der Waals surface area (Å²) < 4.78 is 0. The Morgan fingerprint density at radius 1 is 0.500 bits per heavy atom. The third-order valence-corrected chi connectivity index (χ3v) is 2.22. The van der Waals surface area contributed by atoms with Gasteiger partial charge in [-0.1, -0.05) is 0 Å². The van der Waals surface area contributed by atoms with E-state index in [4.69, 9.17) is 61.9 Å². The monoisotopic (exact) mass is 349 g/mol. The Morgan fingerprint density at radius 3 is 0.812 bits per heavy atom. The van der Waals surface area contributed by atoms with Crippen molar-refractivity contribution in [3.63, 3.8) is 0 Å². The van der Waals surface area contributed by atoms with Crippen LogP contribution in [0.1, 0.15) is 0 Å². The van der Waals surface area contributed by atoms with Gasteiger partial charge in [-0.25, -0.2) is 0 Å². The third-order valence-electron chi connectivity index (χ3n) is 2.22. The van der Waals surface area contributed by atoms with E-state index in [0.29, 0.717) is 0 Å². The van der Waals surface area contributed by atoms with Crippen molar-refractivity contribution in [2.24, 2.45) is 0 Å². The van der Waals surface area contributed by atoms with E-state index in [0.717, 1.165) is 0 Å². The van der Waals surface area contributed by atoms with Crippen molar-refractivity contribution in [3.8, 4) is 0 Å². The van der Waals surface area contributed by atoms with Gasteiger partial charge in [0.05, 0.1) is 0 Å². The van der Waals surface area contributed by atoms with Crippen LogP contribution in [0.5, 0.6) is 0 Å². The van der Waals surface area contributed by atoms with E-state index < -0.39 is 38.3 Å². The summed E-state index contributed by atoms with van der Waals surface area (Å²) in [6, 6.07) is 0. The van der Waals surface area contributed by atoms with E-state index in [1.165, 1.54) is 0 Å². The number of rotatable bonds is 6. The molecule has 0 rings (SSSR count). The molecule has 0 aliphatic heterocycles. The van der Waals surface area contributed by atoms with Gasteiger partial charge in [-0.15, -0.1) is 0 Å². The molecule has 0 aliphatic carbocycles. The summed E-state index contributed by atoms with van der Waals surface area (Å²) in [5, 5.41) is 0. The van der Waals surface area contributed by atoms with Crippen molar-refractivity contribution in [1.82, 2.24) is 0 Å². The van der Waals surface area contributed by atoms with Crippen LogP contribution in [0.2, 0.25) is 0 Å². The SMILES string of the molecule is [B]B([B])B([B]B(B([B])[B])B([B])[B])B([B])[B].[W]. The third kappa shape index (κ3) is 7.18. The van der Waals surface area contributed by atoms with Crippen LogP contribution >= 0.6 is 0 Å². The average Bonchev–Trinajstić information content (AvgIpc) is 2.01. The van der Waals surface area contributed by atoms with E-state index in [-0.39, 0.29) is 21.1 Å². The van der Waals surface area contributed by atoms with E-state index in [1.807, 2.05) is 0 Å². The van der Waals surface area contributed by atoms with Crippen LogP contribution in [0, 0.1) is 0 Å². The second-order valence-electron chi connectivity index (χ2n) is 3.66. The molecule has 0 fully saturated rings. The molecule has 0 bridgehead atoms. The quantitative estimate of drug-likeness (QED) is 0.421. The zero-order valence-corrected chi connectivity index (χ0v) is 12.0. The predicted molar refractivity (Wildman–Crippen MR) is 86.3 cm³/mol. The molecule has 17 radical (unpaired) electrons. The molecule has 0 aromatic rings. The van der Waals surface area contributed by atoms with Gasteiger partial charge in [0.15, 0.2) is 0 Å². The Morgan fingerprint density at radius 2 is 0.688 bits per heavy atom. The van der Waals surface area contributed by atoms with Gasteiger partial charge in [-0.2, -0.15) is 0 Å². The van der Waals surface area contributed by atoms with E-state index in [2.05, 4.69) is 0 Å². The van der Waals surface area contributed by atoms with Crippen molar-refractivity contribution in [3.05, 3.63) is 0 Å². The van der Waals surface area contributed by atoms with Gasteiger partial charge in [-0.05, 0) is 0 Å². The summed E-state index contributed by atoms with van der Waals surface area (Å²) >= 11 is 0. The molecule has 0 aromatic carbocycles. The Kier molecular flexibility index (Phi) is 12.0. The normalized spacial score (nSPS) is 8.25. The maximum Gasteiger partial charge on any atom is 0 e. The maximum absolute atomic E-state index is 5.51. The fourth-order valence-electron chi connectivity index (χ4n) is 1.28. The van der Waals surface area contributed by atoms with Gasteiger partial charge >= 0.3 is 0 Å². The molecule has 0 heterocycles. The van der Waals surface area contributed by atoms with Crippen LogP contribution in [0.3, 0.4) is 0 Å². The summed E-state index contributed by atoms with van der Waals surface area (Å²) in [5.41, 5.74) is 0. The minimum atomic E-state index is -0.704. The molecule has 0 amide bonds. The van der Waals surface area contributed by atoms with E-state index in [1.54, 1.807) is 7.06 Å². The van der Waals surface area contributed by atoms with Crippen LogP contribution in [0.15, 0.2) is 0 Å². The van der Waals surface area contributed by atoms with Crippen molar-refractivity contribution < 1.29 is 21.1 Å². The second kappa shape index (κ2) is 9.57. The van der Waals surface area contributed by atoms with Gasteiger partial charge in [0.1, 0.15) is 0 Å². The first kappa shape index (κ1) is 20.0. The summed E-state index contributed by atoms with van der Waals surface area (Å²) in [4.78, 5) is 0. The molecule has 0 aromatic heterocycles. The van der Waals surface area contributed by atoms with Gasteiger partial charge in [0, 0.05) is 128 Å². The first-order chi connectivity index (χ1) is 6.77. The molecule has 0 aliphatic rings. The molecule has 0 saturated heterocycles. The van der Waals surface area contributed by atoms with Crippen LogP contribution in [-0.2, 0) is 21.1 Å². The zero-order valence-electron chi connectivity index (χ0n) is 9.07. The summed E-state index contributed by atoms with van der Waals surface area (Å²) in [5.74, 6) is 0. The van der Waals surface area contributed by atoms with Crippen LogP contribution < -0.4 is 0 Å². The number of hydrogen-bond donors (Lipinski definition) is 0. The molecule has 0 atom stereocenters. The Bertz CT molecular complexity index is 125. The average molecular weight is 346 g/mol. The largest absolute Gasteiger partial charge is 0 e. The molecule has 0 nitrogen and oxygen atoms in total. The molecule has 0 spiro atoms. The summed E-state index contributed by atoms with van der Waals surface area (Å²) in [6.07, 6.45) is -3.71. The van der Waals surface area contributed by atoms with Crippen LogP contribution in [0.25, 0.3) is 0 Å². The molecule has 0 unspecified atom stereocenters. The van der Waals surface area contributed by atoms with Crippen molar-refractivity contribution in [2.45, 2.75) is 0 Å². The molecule has 51 valence electrons. The predicted octanol–water partition coefficient (Wildman–Crippen LogP) is -5.71.